The van der Waals surface area contributed by atoms with E-state index in [1.165, 1.54) is 11.4 Å². The summed E-state index contributed by atoms with van der Waals surface area (Å²) in [6.45, 7) is 4.15. The van der Waals surface area contributed by atoms with Crippen molar-refractivity contribution in [3.63, 3.8) is 0 Å². The predicted octanol–water partition coefficient (Wildman–Crippen LogP) is 1.65. The molecule has 23 heavy (non-hydrogen) atoms. The standard InChI is InChI=1S/C16H22N2O4S/c1-4-5-8-17(3)23(21,22)10-9-18-15(19)13-7-6-12(2)11-14(13)16(18)20/h6-7,11H,4-5,8-10H2,1-3H3. The molecule has 0 bridgehead atoms. The molecule has 0 radical (unpaired) electrons. The second kappa shape index (κ2) is 6.80. The van der Waals surface area contributed by atoms with Crippen LogP contribution in [0.4, 0.5) is 0 Å². The minimum Gasteiger partial charge on any atom is -0.273 e. The van der Waals surface area contributed by atoms with E-state index in [0.717, 1.165) is 23.3 Å². The summed E-state index contributed by atoms with van der Waals surface area (Å²) < 4.78 is 25.7. The minimum atomic E-state index is -3.48. The quantitative estimate of drug-likeness (QED) is 0.709. The molecule has 0 spiro atoms. The molecule has 0 aliphatic carbocycles. The van der Waals surface area contributed by atoms with Crippen molar-refractivity contribution >= 4 is 21.8 Å². The van der Waals surface area contributed by atoms with Crippen LogP contribution in [-0.2, 0) is 10.0 Å². The summed E-state index contributed by atoms with van der Waals surface area (Å²) in [6, 6.07) is 5.05. The van der Waals surface area contributed by atoms with Crippen molar-refractivity contribution in [2.75, 3.05) is 25.9 Å². The first kappa shape index (κ1) is 17.6. The van der Waals surface area contributed by atoms with Crippen molar-refractivity contribution in [2.24, 2.45) is 0 Å². The normalized spacial score (nSPS) is 14.7. The van der Waals surface area contributed by atoms with Crippen LogP contribution in [-0.4, -0.2) is 55.3 Å². The number of unbranched alkanes of at least 4 members (excludes halogenated alkanes) is 1. The number of amides is 2. The maximum absolute atomic E-state index is 12.3. The topological polar surface area (TPSA) is 74.8 Å². The van der Waals surface area contributed by atoms with Gasteiger partial charge in [-0.15, -0.1) is 0 Å². The van der Waals surface area contributed by atoms with Crippen LogP contribution in [0.15, 0.2) is 18.2 Å². The van der Waals surface area contributed by atoms with E-state index in [2.05, 4.69) is 0 Å². The van der Waals surface area contributed by atoms with Crippen LogP contribution >= 0.6 is 0 Å². The Balaban J connectivity index is 2.08. The third-order valence-electron chi connectivity index (χ3n) is 4.00. The van der Waals surface area contributed by atoms with Crippen molar-refractivity contribution in [1.29, 1.82) is 0 Å². The number of hydrogen-bond acceptors (Lipinski definition) is 4. The number of imide groups is 1. The Kier molecular flexibility index (Phi) is 5.21. The molecule has 0 N–H and O–H groups in total. The summed E-state index contributed by atoms with van der Waals surface area (Å²) in [7, 11) is -1.95. The Hall–Kier alpha value is -1.73. The summed E-state index contributed by atoms with van der Waals surface area (Å²) >= 11 is 0. The number of hydrogen-bond donors (Lipinski definition) is 0. The molecule has 1 aliphatic rings. The molecule has 0 saturated carbocycles. The van der Waals surface area contributed by atoms with Crippen LogP contribution in [0.2, 0.25) is 0 Å². The van der Waals surface area contributed by atoms with Gasteiger partial charge in [-0.2, -0.15) is 0 Å². The van der Waals surface area contributed by atoms with Gasteiger partial charge in [0.15, 0.2) is 0 Å². The van der Waals surface area contributed by atoms with Gasteiger partial charge in [0.2, 0.25) is 10.0 Å². The number of fused-ring (bicyclic) bond motifs is 1. The van der Waals surface area contributed by atoms with Gasteiger partial charge in [0, 0.05) is 20.1 Å². The maximum Gasteiger partial charge on any atom is 0.261 e. The molecule has 0 unspecified atom stereocenters. The molecule has 1 aromatic carbocycles. The highest BCUT2D eigenvalue weighted by Gasteiger charge is 2.36. The number of rotatable bonds is 7. The Morgan fingerprint density at radius 2 is 1.78 bits per heavy atom. The largest absolute Gasteiger partial charge is 0.273 e. The zero-order chi connectivity index (χ0) is 17.2. The fourth-order valence-corrected chi connectivity index (χ4v) is 3.62. The van der Waals surface area contributed by atoms with Gasteiger partial charge < -0.3 is 0 Å². The smallest absolute Gasteiger partial charge is 0.261 e. The molecule has 126 valence electrons. The first-order valence-corrected chi connectivity index (χ1v) is 9.29. The lowest BCUT2D eigenvalue weighted by molar-refractivity contribution is 0.0664. The first-order valence-electron chi connectivity index (χ1n) is 7.68. The van der Waals surface area contributed by atoms with Gasteiger partial charge in [-0.25, -0.2) is 12.7 Å². The van der Waals surface area contributed by atoms with Gasteiger partial charge in [-0.1, -0.05) is 25.0 Å². The third kappa shape index (κ3) is 3.61. The Morgan fingerprint density at radius 1 is 1.13 bits per heavy atom. The Labute approximate surface area is 137 Å². The highest BCUT2D eigenvalue weighted by Crippen LogP contribution is 2.23. The number of aryl methyl sites for hydroxylation is 1. The monoisotopic (exact) mass is 338 g/mol. The summed E-state index contributed by atoms with van der Waals surface area (Å²) in [5.74, 6) is -1.09. The number of sulfonamides is 1. The highest BCUT2D eigenvalue weighted by molar-refractivity contribution is 7.89. The van der Waals surface area contributed by atoms with E-state index < -0.39 is 21.8 Å². The van der Waals surface area contributed by atoms with Crippen LogP contribution in [0.3, 0.4) is 0 Å². The molecule has 0 aromatic heterocycles. The molecule has 1 aliphatic heterocycles. The second-order valence-corrected chi connectivity index (χ2v) is 8.00. The molecule has 1 heterocycles. The lowest BCUT2D eigenvalue weighted by atomic mass is 10.1. The zero-order valence-electron chi connectivity index (χ0n) is 13.7. The van der Waals surface area contributed by atoms with Gasteiger partial charge in [0.25, 0.3) is 11.8 Å². The lowest BCUT2D eigenvalue weighted by Crippen LogP contribution is -2.38. The summed E-state index contributed by atoms with van der Waals surface area (Å²) in [6.07, 6.45) is 1.68. The molecule has 1 aromatic rings. The van der Waals surface area contributed by atoms with E-state index in [9.17, 15) is 18.0 Å². The molecule has 2 amide bonds. The predicted molar refractivity (Wildman–Crippen MR) is 87.9 cm³/mol. The van der Waals surface area contributed by atoms with Crippen LogP contribution in [0.5, 0.6) is 0 Å². The minimum absolute atomic E-state index is 0.121. The number of carbonyl (C=O) groups is 2. The molecular formula is C16H22N2O4S. The van der Waals surface area contributed by atoms with E-state index in [1.54, 1.807) is 18.2 Å². The molecule has 2 rings (SSSR count). The van der Waals surface area contributed by atoms with Crippen molar-refractivity contribution in [3.05, 3.63) is 34.9 Å². The van der Waals surface area contributed by atoms with E-state index in [0.29, 0.717) is 17.7 Å². The lowest BCUT2D eigenvalue weighted by Gasteiger charge is -2.19. The number of carbonyl (C=O) groups excluding carboxylic acids is 2. The van der Waals surface area contributed by atoms with E-state index in [1.807, 2.05) is 13.8 Å². The third-order valence-corrected chi connectivity index (χ3v) is 5.83. The number of nitrogens with zero attached hydrogens (tertiary/aromatic N) is 2. The van der Waals surface area contributed by atoms with Crippen molar-refractivity contribution in [1.82, 2.24) is 9.21 Å². The van der Waals surface area contributed by atoms with Gasteiger partial charge >= 0.3 is 0 Å². The van der Waals surface area contributed by atoms with Crippen LogP contribution in [0.1, 0.15) is 46.0 Å². The van der Waals surface area contributed by atoms with Crippen LogP contribution in [0.25, 0.3) is 0 Å². The molecular weight excluding hydrogens is 316 g/mol. The van der Waals surface area contributed by atoms with Crippen molar-refractivity contribution in [3.8, 4) is 0 Å². The summed E-state index contributed by atoms with van der Waals surface area (Å²) in [5.41, 5.74) is 1.59. The second-order valence-electron chi connectivity index (χ2n) is 5.80. The molecule has 7 heteroatoms. The molecule has 0 fully saturated rings. The van der Waals surface area contributed by atoms with E-state index in [-0.39, 0.29) is 12.3 Å². The van der Waals surface area contributed by atoms with Crippen LogP contribution in [0, 0.1) is 6.92 Å². The Bertz CT molecular complexity index is 728. The average molecular weight is 338 g/mol. The van der Waals surface area contributed by atoms with Crippen molar-refractivity contribution < 1.29 is 18.0 Å². The van der Waals surface area contributed by atoms with Gasteiger partial charge in [0.1, 0.15) is 0 Å². The summed E-state index contributed by atoms with van der Waals surface area (Å²) in [4.78, 5) is 25.6. The van der Waals surface area contributed by atoms with E-state index >= 15 is 0 Å². The molecule has 6 nitrogen and oxygen atoms in total. The van der Waals surface area contributed by atoms with Gasteiger partial charge in [0.05, 0.1) is 16.9 Å². The van der Waals surface area contributed by atoms with E-state index in [4.69, 9.17) is 0 Å². The fraction of sp³-hybridized carbons (Fsp3) is 0.500. The van der Waals surface area contributed by atoms with Gasteiger partial charge in [-0.3, -0.25) is 14.5 Å². The molecule has 0 saturated heterocycles. The fourth-order valence-electron chi connectivity index (χ4n) is 2.49. The van der Waals surface area contributed by atoms with Crippen LogP contribution < -0.4 is 0 Å². The maximum atomic E-state index is 12.3. The SMILES string of the molecule is CCCCN(C)S(=O)(=O)CCN1C(=O)c2ccc(C)cc2C1=O. The summed E-state index contributed by atoms with van der Waals surface area (Å²) in [5, 5.41) is 0. The number of benzene rings is 1. The Morgan fingerprint density at radius 3 is 2.43 bits per heavy atom. The highest BCUT2D eigenvalue weighted by atomic mass is 32.2. The first-order chi connectivity index (χ1) is 10.8. The van der Waals surface area contributed by atoms with Gasteiger partial charge in [-0.05, 0) is 25.5 Å². The van der Waals surface area contributed by atoms with Crippen molar-refractivity contribution in [2.45, 2.75) is 26.7 Å². The molecule has 0 atom stereocenters. The zero-order valence-corrected chi connectivity index (χ0v) is 14.5. The average Bonchev–Trinajstić information content (AvgIpc) is 2.74.